The van der Waals surface area contributed by atoms with Crippen LogP contribution < -0.4 is 4.72 Å². The van der Waals surface area contributed by atoms with Crippen molar-refractivity contribution in [2.24, 2.45) is 0 Å². The van der Waals surface area contributed by atoms with Gasteiger partial charge in [0.05, 0.1) is 17.5 Å². The van der Waals surface area contributed by atoms with Crippen molar-refractivity contribution in [3.8, 4) is 0 Å². The van der Waals surface area contributed by atoms with E-state index >= 15 is 0 Å². The van der Waals surface area contributed by atoms with Crippen molar-refractivity contribution in [1.29, 1.82) is 0 Å². The monoisotopic (exact) mass is 689 g/mol. The maximum absolute atomic E-state index is 12.0. The number of carboxylic acids is 3. The number of aryl methyl sites for hydroxylation is 1. The number of hydrogen-bond donors (Lipinski definition) is 4. The Balaban J connectivity index is 0.000000268. The molecular formula is C33H40ClN3O9S. The van der Waals surface area contributed by atoms with E-state index in [0.29, 0.717) is 6.61 Å². The van der Waals surface area contributed by atoms with Crippen LogP contribution in [0.15, 0.2) is 83.8 Å². The van der Waals surface area contributed by atoms with Crippen LogP contribution in [0.4, 0.5) is 0 Å². The van der Waals surface area contributed by atoms with Crippen molar-refractivity contribution in [2.45, 2.75) is 36.7 Å². The summed E-state index contributed by atoms with van der Waals surface area (Å²) < 4.78 is 31.1. The van der Waals surface area contributed by atoms with Gasteiger partial charge < -0.3 is 20.1 Å². The number of nitrogens with one attached hydrogen (secondary N) is 1. The number of aliphatic carboxylic acids is 3. The van der Waals surface area contributed by atoms with E-state index in [9.17, 15) is 22.8 Å². The lowest BCUT2D eigenvalue weighted by Gasteiger charge is -2.39. The van der Waals surface area contributed by atoms with Gasteiger partial charge in [-0.1, -0.05) is 71.8 Å². The Morgan fingerprint density at radius 1 is 0.851 bits per heavy atom. The molecule has 1 fully saturated rings. The molecule has 4 rings (SSSR count). The van der Waals surface area contributed by atoms with E-state index in [1.807, 2.05) is 22.9 Å². The van der Waals surface area contributed by atoms with Crippen LogP contribution in [0.1, 0.15) is 35.6 Å². The van der Waals surface area contributed by atoms with Crippen LogP contribution in [0.2, 0.25) is 5.02 Å². The normalized spacial score (nSPS) is 15.2. The number of halogens is 1. The van der Waals surface area contributed by atoms with Crippen LogP contribution in [0.5, 0.6) is 0 Å². The Kier molecular flexibility index (Phi) is 14.8. The van der Waals surface area contributed by atoms with Gasteiger partial charge in [0.25, 0.3) is 0 Å². The maximum atomic E-state index is 12.0. The van der Waals surface area contributed by atoms with Gasteiger partial charge in [-0.05, 0) is 48.7 Å². The first kappa shape index (κ1) is 37.6. The number of nitrogens with zero attached hydrogens (tertiary/aromatic N) is 2. The Bertz CT molecular complexity index is 1550. The summed E-state index contributed by atoms with van der Waals surface area (Å²) in [6, 6.07) is 23.2. The average molecular weight is 690 g/mol. The van der Waals surface area contributed by atoms with Gasteiger partial charge in [0.15, 0.2) is 0 Å². The molecule has 0 aliphatic carbocycles. The highest BCUT2D eigenvalue weighted by Gasteiger charge is 2.27. The Morgan fingerprint density at radius 3 is 2.00 bits per heavy atom. The van der Waals surface area contributed by atoms with Gasteiger partial charge >= 0.3 is 17.9 Å². The zero-order valence-electron chi connectivity index (χ0n) is 26.0. The molecule has 47 heavy (non-hydrogen) atoms. The molecule has 12 nitrogen and oxygen atoms in total. The van der Waals surface area contributed by atoms with Crippen molar-refractivity contribution in [2.75, 3.05) is 45.9 Å². The lowest BCUT2D eigenvalue weighted by Crippen LogP contribution is -2.48. The molecule has 0 bridgehead atoms. The first-order valence-electron chi connectivity index (χ1n) is 15.0. The van der Waals surface area contributed by atoms with Gasteiger partial charge in [-0.15, -0.1) is 0 Å². The number of carboxylic acid groups (broad SMARTS) is 3. The minimum Gasteiger partial charge on any atom is -0.481 e. The third-order valence-corrected chi connectivity index (χ3v) is 9.16. The lowest BCUT2D eigenvalue weighted by atomic mass is 9.96. The number of benzene rings is 3. The average Bonchev–Trinajstić information content (AvgIpc) is 3.04. The standard InChI is InChI=1S/C21H25ClN2O3.C12H15NO6S/c22-19-8-6-18(7-9-19)21(17-4-2-1-3-5-17)24-12-10-23(11-13-24)14-15-27-16-20(25)26;1-8-2-4-9(5-3-8)20(18,19)13-10(12(16)17)6-7-11(14)15/h1-9,21H,10-16H2,(H,25,26);2-5,10,13H,6-7H2,1H3,(H,14,15)(H,16,17)/t;10-/m.0/s1. The Morgan fingerprint density at radius 2 is 1.45 bits per heavy atom. The van der Waals surface area contributed by atoms with Crippen molar-refractivity contribution >= 4 is 39.5 Å². The first-order chi connectivity index (χ1) is 22.4. The van der Waals surface area contributed by atoms with Crippen molar-refractivity contribution < 1.29 is 42.9 Å². The minimum absolute atomic E-state index is 0.0651. The molecule has 3 aromatic carbocycles. The highest BCUT2D eigenvalue weighted by atomic mass is 35.5. The van der Waals surface area contributed by atoms with Crippen molar-refractivity contribution in [3.63, 3.8) is 0 Å². The SMILES string of the molecule is Cc1ccc(S(=O)(=O)N[C@@H](CCC(=O)O)C(=O)O)cc1.O=C(O)COCCN1CCN(C(c2ccccc2)c2ccc(Cl)cc2)CC1. The molecule has 14 heteroatoms. The van der Waals surface area contributed by atoms with Crippen molar-refractivity contribution in [3.05, 3.63) is 101 Å². The van der Waals surface area contributed by atoms with Crippen LogP contribution in [-0.2, 0) is 29.1 Å². The summed E-state index contributed by atoms with van der Waals surface area (Å²) in [5.74, 6) is -3.53. The molecule has 254 valence electrons. The predicted octanol–water partition coefficient (Wildman–Crippen LogP) is 3.74. The molecule has 1 saturated heterocycles. The molecular weight excluding hydrogens is 650 g/mol. The maximum Gasteiger partial charge on any atom is 0.329 e. The predicted molar refractivity (Wildman–Crippen MR) is 176 cm³/mol. The largest absolute Gasteiger partial charge is 0.481 e. The second-order valence-corrected chi connectivity index (χ2v) is 13.1. The van der Waals surface area contributed by atoms with Gasteiger partial charge in [0, 0.05) is 44.2 Å². The van der Waals surface area contributed by atoms with Gasteiger partial charge in [-0.3, -0.25) is 19.4 Å². The fraction of sp³-hybridized carbons (Fsp3) is 0.364. The summed E-state index contributed by atoms with van der Waals surface area (Å²) in [6.07, 6.45) is -0.761. The highest BCUT2D eigenvalue weighted by Crippen LogP contribution is 2.30. The van der Waals surface area contributed by atoms with Gasteiger partial charge in [-0.25, -0.2) is 13.2 Å². The molecule has 2 atom stereocenters. The Labute approximate surface area is 279 Å². The van der Waals surface area contributed by atoms with E-state index in [0.717, 1.165) is 43.3 Å². The summed E-state index contributed by atoms with van der Waals surface area (Å²) >= 11 is 6.08. The highest BCUT2D eigenvalue weighted by molar-refractivity contribution is 7.89. The Hall–Kier alpha value is -3.85. The summed E-state index contributed by atoms with van der Waals surface area (Å²) in [4.78, 5) is 36.6. The zero-order chi connectivity index (χ0) is 34.4. The lowest BCUT2D eigenvalue weighted by molar-refractivity contribution is -0.143. The van der Waals surface area contributed by atoms with E-state index in [4.69, 9.17) is 31.7 Å². The van der Waals surface area contributed by atoms with E-state index in [1.165, 1.54) is 23.3 Å². The molecule has 1 aliphatic rings. The van der Waals surface area contributed by atoms with Crippen LogP contribution >= 0.6 is 11.6 Å². The zero-order valence-corrected chi connectivity index (χ0v) is 27.6. The molecule has 0 saturated carbocycles. The summed E-state index contributed by atoms with van der Waals surface area (Å²) in [6.45, 7) is 6.54. The molecule has 4 N–H and O–H groups in total. The second kappa shape index (κ2) is 18.5. The topological polar surface area (TPSA) is 174 Å². The van der Waals surface area contributed by atoms with Crippen LogP contribution in [0.25, 0.3) is 0 Å². The molecule has 0 amide bonds. The molecule has 0 aromatic heterocycles. The number of hydrogen-bond acceptors (Lipinski definition) is 8. The number of carbonyl (C=O) groups is 3. The van der Waals surface area contributed by atoms with Crippen LogP contribution in [-0.4, -0.2) is 103 Å². The minimum atomic E-state index is -3.99. The van der Waals surface area contributed by atoms with E-state index in [-0.39, 0.29) is 24.0 Å². The quantitative estimate of drug-likeness (QED) is 0.171. The fourth-order valence-corrected chi connectivity index (χ4v) is 6.32. The number of sulfonamides is 1. The van der Waals surface area contributed by atoms with Crippen LogP contribution in [0.3, 0.4) is 0 Å². The summed E-state index contributed by atoms with van der Waals surface area (Å²) in [7, 11) is -3.99. The first-order valence-corrected chi connectivity index (χ1v) is 16.8. The van der Waals surface area contributed by atoms with Crippen LogP contribution in [0, 0.1) is 6.92 Å². The molecule has 1 heterocycles. The third-order valence-electron chi connectivity index (χ3n) is 7.42. The van der Waals surface area contributed by atoms with Gasteiger partial charge in [-0.2, -0.15) is 4.72 Å². The molecule has 1 aliphatic heterocycles. The number of ether oxygens (including phenoxy) is 1. The van der Waals surface area contributed by atoms with E-state index in [1.54, 1.807) is 19.1 Å². The van der Waals surface area contributed by atoms with E-state index in [2.05, 4.69) is 46.2 Å². The second-order valence-electron chi connectivity index (χ2n) is 10.9. The fourth-order valence-electron chi connectivity index (χ4n) is 4.97. The summed E-state index contributed by atoms with van der Waals surface area (Å²) in [5, 5.41) is 26.8. The summed E-state index contributed by atoms with van der Waals surface area (Å²) in [5.41, 5.74) is 3.38. The van der Waals surface area contributed by atoms with Crippen molar-refractivity contribution in [1.82, 2.24) is 14.5 Å². The number of rotatable bonds is 15. The molecule has 3 aromatic rings. The number of piperazine rings is 1. The van der Waals surface area contributed by atoms with Gasteiger partial charge in [0.1, 0.15) is 12.6 Å². The molecule has 1 unspecified atom stereocenters. The molecule has 0 radical (unpaired) electrons. The van der Waals surface area contributed by atoms with E-state index < -0.39 is 40.4 Å². The molecule has 0 spiro atoms. The smallest absolute Gasteiger partial charge is 0.329 e. The third kappa shape index (κ3) is 12.7. The van der Waals surface area contributed by atoms with Gasteiger partial charge in [0.2, 0.25) is 10.0 Å².